The molecule has 0 bridgehead atoms. The molecule has 0 aliphatic heterocycles. The molecule has 0 saturated heterocycles. The zero-order valence-corrected chi connectivity index (χ0v) is 8.40. The Bertz CT molecular complexity index is 218. The van der Waals surface area contributed by atoms with Gasteiger partial charge in [0.05, 0.1) is 18.9 Å². The molecule has 80 valence electrons. The molecule has 0 aromatic carbocycles. The van der Waals surface area contributed by atoms with E-state index in [-0.39, 0.29) is 0 Å². The first kappa shape index (κ1) is 11.0. The Labute approximate surface area is 83.7 Å². The number of hydrazone groups is 1. The van der Waals surface area contributed by atoms with Crippen molar-refractivity contribution in [2.75, 3.05) is 6.61 Å². The summed E-state index contributed by atoms with van der Waals surface area (Å²) in [6.45, 7) is 2.62. The van der Waals surface area contributed by atoms with Crippen LogP contribution in [0.5, 0.6) is 0 Å². The minimum absolute atomic E-state index is 0.343. The molecule has 2 atom stereocenters. The van der Waals surface area contributed by atoms with E-state index in [0.717, 1.165) is 6.42 Å². The number of hydrogen-bond acceptors (Lipinski definition) is 3. The number of nitrogens with zero attached hydrogens (tertiary/aromatic N) is 1. The van der Waals surface area contributed by atoms with Crippen molar-refractivity contribution in [1.29, 1.82) is 0 Å². The molecule has 0 heterocycles. The third-order valence-corrected chi connectivity index (χ3v) is 2.43. The molecule has 5 heteroatoms. The van der Waals surface area contributed by atoms with Gasteiger partial charge in [-0.05, 0) is 18.8 Å². The van der Waals surface area contributed by atoms with Crippen molar-refractivity contribution in [2.45, 2.75) is 32.3 Å². The van der Waals surface area contributed by atoms with Gasteiger partial charge in [-0.25, -0.2) is 10.2 Å². The molecule has 2 amide bonds. The van der Waals surface area contributed by atoms with Crippen molar-refractivity contribution in [3.8, 4) is 0 Å². The molecule has 0 spiro atoms. The third-order valence-electron chi connectivity index (χ3n) is 2.43. The Morgan fingerprint density at radius 1 is 1.71 bits per heavy atom. The Morgan fingerprint density at radius 2 is 2.50 bits per heavy atom. The minimum atomic E-state index is -0.657. The third kappa shape index (κ3) is 3.74. The maximum Gasteiger partial charge on any atom is 0.332 e. The first-order chi connectivity index (χ1) is 6.70. The van der Waals surface area contributed by atoms with E-state index < -0.39 is 6.03 Å². The van der Waals surface area contributed by atoms with Crippen LogP contribution in [0.2, 0.25) is 0 Å². The number of nitrogens with two attached hydrogens (primary N) is 1. The summed E-state index contributed by atoms with van der Waals surface area (Å²) in [5.74, 6) is 0.632. The summed E-state index contributed by atoms with van der Waals surface area (Å²) >= 11 is 0. The fourth-order valence-corrected chi connectivity index (χ4v) is 1.67. The van der Waals surface area contributed by atoms with Crippen LogP contribution in [0, 0.1) is 5.92 Å². The summed E-state index contributed by atoms with van der Waals surface area (Å²) in [4.78, 5) is 10.2. The monoisotopic (exact) mass is 199 g/mol. The van der Waals surface area contributed by atoms with Gasteiger partial charge >= 0.3 is 6.03 Å². The fraction of sp³-hybridized carbons (Fsp3) is 0.778. The lowest BCUT2D eigenvalue weighted by molar-refractivity contribution is 0.0599. The lowest BCUT2D eigenvalue weighted by Gasteiger charge is -2.14. The maximum atomic E-state index is 10.2. The van der Waals surface area contributed by atoms with Crippen LogP contribution in [0.3, 0.4) is 0 Å². The van der Waals surface area contributed by atoms with Gasteiger partial charge in [-0.2, -0.15) is 5.10 Å². The average Bonchev–Trinajstić information content (AvgIpc) is 2.51. The Morgan fingerprint density at radius 3 is 3.07 bits per heavy atom. The van der Waals surface area contributed by atoms with E-state index in [1.165, 1.54) is 19.1 Å². The van der Waals surface area contributed by atoms with Crippen molar-refractivity contribution < 1.29 is 9.53 Å². The van der Waals surface area contributed by atoms with Gasteiger partial charge < -0.3 is 10.5 Å². The molecule has 1 fully saturated rings. The summed E-state index contributed by atoms with van der Waals surface area (Å²) in [7, 11) is 0. The van der Waals surface area contributed by atoms with E-state index in [0.29, 0.717) is 18.6 Å². The van der Waals surface area contributed by atoms with Gasteiger partial charge in [0.1, 0.15) is 0 Å². The zero-order chi connectivity index (χ0) is 10.4. The first-order valence-corrected chi connectivity index (χ1v) is 4.88. The van der Waals surface area contributed by atoms with E-state index in [1.54, 1.807) is 0 Å². The molecule has 14 heavy (non-hydrogen) atoms. The smallest absolute Gasteiger partial charge is 0.332 e. The molecule has 1 rings (SSSR count). The van der Waals surface area contributed by atoms with Crippen molar-refractivity contribution in [1.82, 2.24) is 5.43 Å². The second-order valence-corrected chi connectivity index (χ2v) is 3.57. The van der Waals surface area contributed by atoms with Crippen LogP contribution in [0.1, 0.15) is 26.2 Å². The number of hydrogen-bond donors (Lipinski definition) is 2. The normalized spacial score (nSPS) is 26.9. The fourth-order valence-electron chi connectivity index (χ4n) is 1.67. The van der Waals surface area contributed by atoms with Crippen LogP contribution in [0.15, 0.2) is 5.10 Å². The average molecular weight is 199 g/mol. The predicted molar refractivity (Wildman–Crippen MR) is 54.0 cm³/mol. The first-order valence-electron chi connectivity index (χ1n) is 4.88. The van der Waals surface area contributed by atoms with Crippen molar-refractivity contribution >= 4 is 12.2 Å². The van der Waals surface area contributed by atoms with Crippen LogP contribution in [0.25, 0.3) is 0 Å². The van der Waals surface area contributed by atoms with Crippen molar-refractivity contribution in [3.63, 3.8) is 0 Å². The molecule has 3 N–H and O–H groups in total. The summed E-state index contributed by atoms with van der Waals surface area (Å²) in [5.41, 5.74) is 6.92. The maximum absolute atomic E-state index is 10.2. The highest BCUT2D eigenvalue weighted by Gasteiger charge is 2.23. The summed E-state index contributed by atoms with van der Waals surface area (Å²) in [6, 6.07) is -0.657. The number of nitrogens with one attached hydrogen (secondary N) is 1. The number of carbonyl (C=O) groups is 1. The molecular weight excluding hydrogens is 182 g/mol. The number of primary amides is 1. The number of ether oxygens (including phenoxy) is 1. The van der Waals surface area contributed by atoms with Gasteiger partial charge in [-0.3, -0.25) is 0 Å². The molecule has 2 unspecified atom stereocenters. The highest BCUT2D eigenvalue weighted by molar-refractivity contribution is 5.72. The summed E-state index contributed by atoms with van der Waals surface area (Å²) in [5, 5.41) is 3.58. The number of amides is 2. The number of carbonyl (C=O) groups excluding carboxylic acids is 1. The summed E-state index contributed by atoms with van der Waals surface area (Å²) < 4.78 is 5.56. The molecule has 0 radical (unpaired) electrons. The van der Waals surface area contributed by atoms with Crippen molar-refractivity contribution in [3.05, 3.63) is 0 Å². The lowest BCUT2D eigenvalue weighted by Crippen LogP contribution is -2.25. The Kier molecular flexibility index (Phi) is 4.39. The van der Waals surface area contributed by atoms with Crippen LogP contribution < -0.4 is 11.2 Å². The Hall–Kier alpha value is -1.10. The van der Waals surface area contributed by atoms with Gasteiger partial charge in [0.25, 0.3) is 0 Å². The molecule has 1 saturated carbocycles. The van der Waals surface area contributed by atoms with Crippen LogP contribution in [-0.4, -0.2) is 25.0 Å². The standard InChI is InChI=1S/C9H17N3O2/c1-7-3-2-4-8(7)14-6-5-11-12-9(10)13/h5,7-8H,2-4,6H2,1H3,(H3,10,12,13). The molecule has 0 aromatic heterocycles. The minimum Gasteiger partial charge on any atom is -0.372 e. The SMILES string of the molecule is CC1CCCC1OCC=NNC(N)=O. The summed E-state index contributed by atoms with van der Waals surface area (Å²) in [6.07, 6.45) is 5.45. The van der Waals surface area contributed by atoms with E-state index >= 15 is 0 Å². The Balaban J connectivity index is 2.08. The van der Waals surface area contributed by atoms with Gasteiger partial charge in [0.2, 0.25) is 0 Å². The second kappa shape index (κ2) is 5.59. The van der Waals surface area contributed by atoms with Gasteiger partial charge in [-0.1, -0.05) is 13.3 Å². The largest absolute Gasteiger partial charge is 0.372 e. The van der Waals surface area contributed by atoms with E-state index in [4.69, 9.17) is 10.5 Å². The quantitative estimate of drug-likeness (QED) is 0.520. The zero-order valence-electron chi connectivity index (χ0n) is 8.40. The molecule has 1 aliphatic carbocycles. The number of rotatable bonds is 4. The topological polar surface area (TPSA) is 76.7 Å². The molecule has 5 nitrogen and oxygen atoms in total. The molecular formula is C9H17N3O2. The van der Waals surface area contributed by atoms with Gasteiger partial charge in [-0.15, -0.1) is 0 Å². The van der Waals surface area contributed by atoms with Crippen LogP contribution in [-0.2, 0) is 4.74 Å². The highest BCUT2D eigenvalue weighted by atomic mass is 16.5. The predicted octanol–water partition coefficient (Wildman–Crippen LogP) is 0.846. The molecule has 1 aliphatic rings. The highest BCUT2D eigenvalue weighted by Crippen LogP contribution is 2.27. The molecule has 0 aromatic rings. The van der Waals surface area contributed by atoms with E-state index in [1.807, 2.05) is 0 Å². The lowest BCUT2D eigenvalue weighted by atomic mass is 10.1. The van der Waals surface area contributed by atoms with Crippen LogP contribution >= 0.6 is 0 Å². The van der Waals surface area contributed by atoms with Crippen molar-refractivity contribution in [2.24, 2.45) is 16.8 Å². The van der Waals surface area contributed by atoms with Crippen LogP contribution in [0.4, 0.5) is 4.79 Å². The van der Waals surface area contributed by atoms with E-state index in [9.17, 15) is 4.79 Å². The van der Waals surface area contributed by atoms with Gasteiger partial charge in [0, 0.05) is 0 Å². The second-order valence-electron chi connectivity index (χ2n) is 3.57. The number of urea groups is 1. The van der Waals surface area contributed by atoms with E-state index in [2.05, 4.69) is 17.5 Å². The van der Waals surface area contributed by atoms with Gasteiger partial charge in [0.15, 0.2) is 0 Å².